The molecule has 0 radical (unpaired) electrons. The van der Waals surface area contributed by atoms with E-state index in [1.54, 1.807) is 7.11 Å². The van der Waals surface area contributed by atoms with Crippen molar-refractivity contribution in [1.82, 2.24) is 9.80 Å². The van der Waals surface area contributed by atoms with Crippen molar-refractivity contribution in [1.29, 1.82) is 0 Å². The van der Waals surface area contributed by atoms with Gasteiger partial charge in [0.2, 0.25) is 5.91 Å². The standard InChI is InChI=1S/C17H27N3O3.2ClH/c1-22-16(14-18)13-17(21)20-9-7-19(8-10-20)11-12-23-15-5-3-2-4-6-15;;/h2-6,16H,7-14,18H2,1H3;2*1H. The summed E-state index contributed by atoms with van der Waals surface area (Å²) in [7, 11) is 1.59. The fourth-order valence-corrected chi connectivity index (χ4v) is 2.62. The summed E-state index contributed by atoms with van der Waals surface area (Å²) >= 11 is 0. The first-order valence-corrected chi connectivity index (χ1v) is 8.13. The van der Waals surface area contributed by atoms with Gasteiger partial charge in [0, 0.05) is 46.4 Å². The quantitative estimate of drug-likeness (QED) is 0.722. The van der Waals surface area contributed by atoms with Gasteiger partial charge in [-0.05, 0) is 12.1 Å². The van der Waals surface area contributed by atoms with Crippen LogP contribution in [-0.4, -0.2) is 74.8 Å². The highest BCUT2D eigenvalue weighted by atomic mass is 35.5. The zero-order chi connectivity index (χ0) is 16.5. The van der Waals surface area contributed by atoms with Gasteiger partial charge in [-0.25, -0.2) is 0 Å². The fraction of sp³-hybridized carbons (Fsp3) is 0.588. The Balaban J connectivity index is 0.00000288. The molecule has 0 aromatic heterocycles. The highest BCUT2D eigenvalue weighted by Crippen LogP contribution is 2.09. The molecule has 2 rings (SSSR count). The summed E-state index contributed by atoms with van der Waals surface area (Å²) in [6.07, 6.45) is 0.184. The third kappa shape index (κ3) is 8.25. The van der Waals surface area contributed by atoms with Crippen molar-refractivity contribution < 1.29 is 14.3 Å². The Bertz CT molecular complexity index is 467. The average Bonchev–Trinajstić information content (AvgIpc) is 2.61. The van der Waals surface area contributed by atoms with Gasteiger partial charge in [0.15, 0.2) is 0 Å². The van der Waals surface area contributed by atoms with E-state index in [9.17, 15) is 4.79 Å². The number of hydrogen-bond acceptors (Lipinski definition) is 5. The maximum Gasteiger partial charge on any atom is 0.225 e. The molecule has 1 unspecified atom stereocenters. The predicted molar refractivity (Wildman–Crippen MR) is 104 cm³/mol. The van der Waals surface area contributed by atoms with Gasteiger partial charge in [-0.1, -0.05) is 18.2 Å². The van der Waals surface area contributed by atoms with Crippen LogP contribution in [0, 0.1) is 0 Å². The number of methoxy groups -OCH3 is 1. The third-order valence-electron chi connectivity index (χ3n) is 4.14. The monoisotopic (exact) mass is 393 g/mol. The van der Waals surface area contributed by atoms with Gasteiger partial charge < -0.3 is 20.1 Å². The van der Waals surface area contributed by atoms with E-state index in [0.29, 0.717) is 19.6 Å². The van der Waals surface area contributed by atoms with Gasteiger partial charge in [-0.2, -0.15) is 0 Å². The van der Waals surface area contributed by atoms with Gasteiger partial charge in [0.25, 0.3) is 0 Å². The van der Waals surface area contributed by atoms with Gasteiger partial charge in [0.05, 0.1) is 12.5 Å². The van der Waals surface area contributed by atoms with E-state index >= 15 is 0 Å². The molecule has 1 aliphatic rings. The van der Waals surface area contributed by atoms with Crippen LogP contribution >= 0.6 is 24.8 Å². The smallest absolute Gasteiger partial charge is 0.225 e. The van der Waals surface area contributed by atoms with Gasteiger partial charge in [-0.3, -0.25) is 9.69 Å². The highest BCUT2D eigenvalue weighted by molar-refractivity contribution is 5.85. The zero-order valence-corrected chi connectivity index (χ0v) is 16.3. The number of rotatable bonds is 8. The van der Waals surface area contributed by atoms with Crippen molar-refractivity contribution in [2.24, 2.45) is 5.73 Å². The fourth-order valence-electron chi connectivity index (χ4n) is 2.62. The van der Waals surface area contributed by atoms with Crippen molar-refractivity contribution in [2.75, 3.05) is 53.0 Å². The van der Waals surface area contributed by atoms with E-state index in [4.69, 9.17) is 15.2 Å². The molecule has 2 N–H and O–H groups in total. The van der Waals surface area contributed by atoms with Crippen LogP contribution in [0.2, 0.25) is 0 Å². The lowest BCUT2D eigenvalue weighted by molar-refractivity contribution is -0.135. The Morgan fingerprint density at radius 1 is 1.16 bits per heavy atom. The molecule has 0 aliphatic carbocycles. The van der Waals surface area contributed by atoms with Crippen LogP contribution in [0.5, 0.6) is 5.75 Å². The second-order valence-corrected chi connectivity index (χ2v) is 5.68. The summed E-state index contributed by atoms with van der Waals surface area (Å²) in [5, 5.41) is 0. The molecular formula is C17H29Cl2N3O3. The van der Waals surface area contributed by atoms with Crippen LogP contribution < -0.4 is 10.5 Å². The highest BCUT2D eigenvalue weighted by Gasteiger charge is 2.22. The minimum Gasteiger partial charge on any atom is -0.492 e. The van der Waals surface area contributed by atoms with Crippen LogP contribution in [0.3, 0.4) is 0 Å². The topological polar surface area (TPSA) is 68.0 Å². The lowest BCUT2D eigenvalue weighted by Crippen LogP contribution is -2.50. The van der Waals surface area contributed by atoms with Crippen LogP contribution in [0.15, 0.2) is 30.3 Å². The summed E-state index contributed by atoms with van der Waals surface area (Å²) in [6, 6.07) is 9.82. The second kappa shape index (κ2) is 13.2. The Morgan fingerprint density at radius 2 is 1.80 bits per heavy atom. The third-order valence-corrected chi connectivity index (χ3v) is 4.14. The first kappa shape index (κ1) is 23.9. The van der Waals surface area contributed by atoms with Crippen molar-refractivity contribution in [3.8, 4) is 5.75 Å². The van der Waals surface area contributed by atoms with Crippen LogP contribution in [0.1, 0.15) is 6.42 Å². The first-order chi connectivity index (χ1) is 11.2. The van der Waals surface area contributed by atoms with Crippen LogP contribution in [0.25, 0.3) is 0 Å². The zero-order valence-electron chi connectivity index (χ0n) is 14.6. The van der Waals surface area contributed by atoms with Gasteiger partial charge >= 0.3 is 0 Å². The SMILES string of the molecule is COC(CN)CC(=O)N1CCN(CCOc2ccccc2)CC1.Cl.Cl. The lowest BCUT2D eigenvalue weighted by Gasteiger charge is -2.35. The van der Waals surface area contributed by atoms with Gasteiger partial charge in [-0.15, -0.1) is 24.8 Å². The molecule has 1 fully saturated rings. The normalized spacial score (nSPS) is 15.7. The van der Waals surface area contributed by atoms with Gasteiger partial charge in [0.1, 0.15) is 12.4 Å². The average molecular weight is 394 g/mol. The van der Waals surface area contributed by atoms with E-state index in [1.165, 1.54) is 0 Å². The number of ether oxygens (including phenoxy) is 2. The largest absolute Gasteiger partial charge is 0.492 e. The molecule has 1 heterocycles. The molecule has 0 bridgehead atoms. The maximum atomic E-state index is 12.2. The summed E-state index contributed by atoms with van der Waals surface area (Å²) in [6.45, 7) is 5.18. The Morgan fingerprint density at radius 3 is 2.36 bits per heavy atom. The molecule has 25 heavy (non-hydrogen) atoms. The Labute approximate surface area is 162 Å². The van der Waals surface area contributed by atoms with Crippen LogP contribution in [-0.2, 0) is 9.53 Å². The molecule has 1 aromatic carbocycles. The van der Waals surface area contributed by atoms with Crippen molar-refractivity contribution in [3.63, 3.8) is 0 Å². The molecule has 1 aliphatic heterocycles. The number of piperazine rings is 1. The molecule has 144 valence electrons. The molecule has 1 amide bonds. The minimum atomic E-state index is -0.181. The summed E-state index contributed by atoms with van der Waals surface area (Å²) < 4.78 is 10.9. The number of hydrogen-bond donors (Lipinski definition) is 1. The Hall–Kier alpha value is -1.05. The second-order valence-electron chi connectivity index (χ2n) is 5.68. The van der Waals surface area contributed by atoms with E-state index in [2.05, 4.69) is 4.90 Å². The van der Waals surface area contributed by atoms with E-state index in [-0.39, 0.29) is 36.8 Å². The molecule has 8 heteroatoms. The number of benzene rings is 1. The number of nitrogens with two attached hydrogens (primary N) is 1. The number of carbonyl (C=O) groups is 1. The van der Waals surface area contributed by atoms with E-state index < -0.39 is 0 Å². The van der Waals surface area contributed by atoms with Crippen molar-refractivity contribution in [3.05, 3.63) is 30.3 Å². The number of para-hydroxylation sites is 1. The first-order valence-electron chi connectivity index (χ1n) is 8.13. The summed E-state index contributed by atoms with van der Waals surface area (Å²) in [4.78, 5) is 16.4. The van der Waals surface area contributed by atoms with Crippen molar-refractivity contribution >= 4 is 30.7 Å². The predicted octanol–water partition coefficient (Wildman–Crippen LogP) is 1.42. The summed E-state index contributed by atoms with van der Waals surface area (Å²) in [5.41, 5.74) is 5.57. The van der Waals surface area contributed by atoms with Crippen molar-refractivity contribution in [2.45, 2.75) is 12.5 Å². The molecule has 6 nitrogen and oxygen atoms in total. The van der Waals surface area contributed by atoms with E-state index in [0.717, 1.165) is 38.5 Å². The maximum absolute atomic E-state index is 12.2. The minimum absolute atomic E-state index is 0. The summed E-state index contributed by atoms with van der Waals surface area (Å²) in [5.74, 6) is 1.02. The number of amides is 1. The molecule has 0 spiro atoms. The Kier molecular flexibility index (Phi) is 12.6. The molecule has 1 saturated heterocycles. The van der Waals surface area contributed by atoms with E-state index in [1.807, 2.05) is 35.2 Å². The van der Waals surface area contributed by atoms with Crippen LogP contribution in [0.4, 0.5) is 0 Å². The number of carbonyl (C=O) groups excluding carboxylic acids is 1. The number of nitrogens with zero attached hydrogens (tertiary/aromatic N) is 2. The number of halogens is 2. The molecule has 1 aromatic rings. The molecule has 0 saturated carbocycles. The molecular weight excluding hydrogens is 365 g/mol. The lowest BCUT2D eigenvalue weighted by atomic mass is 10.2. The molecule has 1 atom stereocenters.